The summed E-state index contributed by atoms with van der Waals surface area (Å²) in [7, 11) is 0. The van der Waals surface area contributed by atoms with Crippen molar-refractivity contribution in [1.29, 1.82) is 0 Å². The molecule has 0 saturated carbocycles. The molecule has 0 radical (unpaired) electrons. The van der Waals surface area contributed by atoms with Crippen LogP contribution in [0.5, 0.6) is 11.6 Å². The molecule has 0 aliphatic rings. The molecule has 2 rings (SSSR count). The van der Waals surface area contributed by atoms with Crippen molar-refractivity contribution in [3.05, 3.63) is 50.5 Å². The summed E-state index contributed by atoms with van der Waals surface area (Å²) < 4.78 is 7.54. The molecule has 3 nitrogen and oxygen atoms in total. The van der Waals surface area contributed by atoms with E-state index in [0.29, 0.717) is 11.4 Å². The first-order valence-corrected chi connectivity index (χ1v) is 6.88. The first kappa shape index (κ1) is 13.5. The molecule has 1 heterocycles. The van der Waals surface area contributed by atoms with Crippen LogP contribution in [0.15, 0.2) is 39.4 Å². The van der Waals surface area contributed by atoms with Gasteiger partial charge in [0.25, 0.3) is 0 Å². The Morgan fingerprint density at radius 3 is 2.67 bits per heavy atom. The molecule has 1 aromatic carbocycles. The number of rotatable bonds is 3. The van der Waals surface area contributed by atoms with Crippen LogP contribution in [0, 0.1) is 6.92 Å². The van der Waals surface area contributed by atoms with Gasteiger partial charge in [-0.1, -0.05) is 15.9 Å². The van der Waals surface area contributed by atoms with Crippen LogP contribution >= 0.6 is 31.9 Å². The van der Waals surface area contributed by atoms with Gasteiger partial charge < -0.3 is 9.84 Å². The fourth-order valence-corrected chi connectivity index (χ4v) is 2.36. The largest absolute Gasteiger partial charge is 0.438 e. The van der Waals surface area contributed by atoms with E-state index in [1.54, 1.807) is 12.3 Å². The molecule has 0 saturated heterocycles. The summed E-state index contributed by atoms with van der Waals surface area (Å²) in [6.45, 7) is 1.84. The van der Waals surface area contributed by atoms with Crippen molar-refractivity contribution in [2.24, 2.45) is 0 Å². The van der Waals surface area contributed by atoms with E-state index in [9.17, 15) is 5.11 Å². The van der Waals surface area contributed by atoms with Crippen LogP contribution in [-0.2, 0) is 6.61 Å². The maximum atomic E-state index is 9.29. The molecule has 94 valence electrons. The molecule has 0 bridgehead atoms. The zero-order valence-electron chi connectivity index (χ0n) is 9.65. The number of hydrogen-bond donors (Lipinski definition) is 1. The Labute approximate surface area is 122 Å². The van der Waals surface area contributed by atoms with Gasteiger partial charge in [-0.25, -0.2) is 4.98 Å². The number of halogens is 2. The Balaban J connectivity index is 2.33. The Morgan fingerprint density at radius 2 is 2.00 bits per heavy atom. The van der Waals surface area contributed by atoms with Gasteiger partial charge in [-0.15, -0.1) is 0 Å². The molecule has 5 heteroatoms. The zero-order valence-corrected chi connectivity index (χ0v) is 12.8. The molecule has 0 aliphatic heterocycles. The third-order valence-electron chi connectivity index (χ3n) is 2.41. The summed E-state index contributed by atoms with van der Waals surface area (Å²) in [5.74, 6) is 1.15. The maximum Gasteiger partial charge on any atom is 0.224 e. The average molecular weight is 373 g/mol. The first-order valence-electron chi connectivity index (χ1n) is 5.29. The number of nitrogens with zero attached hydrogens (tertiary/aromatic N) is 1. The molecular weight excluding hydrogens is 362 g/mol. The molecule has 0 amide bonds. The van der Waals surface area contributed by atoms with E-state index in [1.165, 1.54) is 0 Å². The van der Waals surface area contributed by atoms with Gasteiger partial charge in [-0.05, 0) is 52.7 Å². The normalized spacial score (nSPS) is 10.4. The topological polar surface area (TPSA) is 42.4 Å². The van der Waals surface area contributed by atoms with Crippen molar-refractivity contribution < 1.29 is 9.84 Å². The van der Waals surface area contributed by atoms with E-state index < -0.39 is 0 Å². The number of pyridine rings is 1. The molecular formula is C13H11Br2NO2. The number of aromatic nitrogens is 1. The second-order valence-corrected chi connectivity index (χ2v) is 5.62. The summed E-state index contributed by atoms with van der Waals surface area (Å²) in [4.78, 5) is 4.17. The minimum absolute atomic E-state index is 0.114. The highest BCUT2D eigenvalue weighted by atomic mass is 79.9. The van der Waals surface area contributed by atoms with Crippen molar-refractivity contribution in [2.45, 2.75) is 13.5 Å². The molecule has 0 atom stereocenters. The molecule has 0 unspecified atom stereocenters. The Bertz CT molecular complexity index is 573. The highest BCUT2D eigenvalue weighted by molar-refractivity contribution is 9.10. The predicted molar refractivity (Wildman–Crippen MR) is 76.8 cm³/mol. The van der Waals surface area contributed by atoms with E-state index in [2.05, 4.69) is 36.8 Å². The minimum Gasteiger partial charge on any atom is -0.438 e. The van der Waals surface area contributed by atoms with E-state index in [0.717, 1.165) is 20.3 Å². The van der Waals surface area contributed by atoms with Crippen LogP contribution in [0.3, 0.4) is 0 Å². The van der Waals surface area contributed by atoms with Gasteiger partial charge in [0, 0.05) is 20.7 Å². The van der Waals surface area contributed by atoms with Gasteiger partial charge in [0.2, 0.25) is 5.88 Å². The Hall–Kier alpha value is -0.910. The van der Waals surface area contributed by atoms with Gasteiger partial charge in [-0.2, -0.15) is 0 Å². The lowest BCUT2D eigenvalue weighted by Gasteiger charge is -2.11. The van der Waals surface area contributed by atoms with Crippen molar-refractivity contribution in [3.8, 4) is 11.6 Å². The molecule has 0 fully saturated rings. The molecule has 0 aliphatic carbocycles. The summed E-state index contributed by atoms with van der Waals surface area (Å²) >= 11 is 6.71. The number of benzene rings is 1. The molecule has 1 N–H and O–H groups in total. The summed E-state index contributed by atoms with van der Waals surface area (Å²) in [6.07, 6.45) is 1.64. The Kier molecular flexibility index (Phi) is 4.37. The lowest BCUT2D eigenvalue weighted by molar-refractivity contribution is 0.275. The van der Waals surface area contributed by atoms with Crippen LogP contribution < -0.4 is 4.74 Å². The first-order chi connectivity index (χ1) is 8.60. The van der Waals surface area contributed by atoms with E-state index in [4.69, 9.17) is 4.74 Å². The smallest absolute Gasteiger partial charge is 0.224 e. The second kappa shape index (κ2) is 5.82. The third kappa shape index (κ3) is 3.10. The minimum atomic E-state index is -0.114. The zero-order chi connectivity index (χ0) is 13.1. The van der Waals surface area contributed by atoms with Gasteiger partial charge >= 0.3 is 0 Å². The number of hydrogen-bond acceptors (Lipinski definition) is 3. The van der Waals surface area contributed by atoms with Gasteiger partial charge in [-0.3, -0.25) is 0 Å². The molecule has 0 spiro atoms. The van der Waals surface area contributed by atoms with Crippen LogP contribution in [-0.4, -0.2) is 10.1 Å². The van der Waals surface area contributed by atoms with Gasteiger partial charge in [0.05, 0.1) is 6.61 Å². The highest BCUT2D eigenvalue weighted by Gasteiger charge is 2.08. The van der Waals surface area contributed by atoms with Gasteiger partial charge in [0.1, 0.15) is 5.75 Å². The summed E-state index contributed by atoms with van der Waals surface area (Å²) in [5.41, 5.74) is 1.64. The van der Waals surface area contributed by atoms with Crippen molar-refractivity contribution >= 4 is 31.9 Å². The van der Waals surface area contributed by atoms with E-state index >= 15 is 0 Å². The van der Waals surface area contributed by atoms with Crippen molar-refractivity contribution in [2.75, 3.05) is 0 Å². The second-order valence-electron chi connectivity index (χ2n) is 3.79. The fraction of sp³-hybridized carbons (Fsp3) is 0.154. The number of aliphatic hydroxyl groups excluding tert-OH is 1. The van der Waals surface area contributed by atoms with Crippen LogP contribution in [0.2, 0.25) is 0 Å². The van der Waals surface area contributed by atoms with Crippen LogP contribution in [0.1, 0.15) is 11.1 Å². The lowest BCUT2D eigenvalue weighted by Crippen LogP contribution is -1.96. The lowest BCUT2D eigenvalue weighted by atomic mass is 10.2. The van der Waals surface area contributed by atoms with E-state index in [-0.39, 0.29) is 6.61 Å². The van der Waals surface area contributed by atoms with E-state index in [1.807, 2.05) is 25.1 Å². The number of aliphatic hydroxyl groups is 1. The quantitative estimate of drug-likeness (QED) is 0.877. The standard InChI is InChI=1S/C13H11Br2NO2/c1-8-4-10(14)2-3-12(8)18-13-9(7-17)5-11(15)6-16-13/h2-6,17H,7H2,1H3. The third-order valence-corrected chi connectivity index (χ3v) is 3.33. The van der Waals surface area contributed by atoms with Crippen LogP contribution in [0.4, 0.5) is 0 Å². The predicted octanol–water partition coefficient (Wildman–Crippen LogP) is 4.20. The summed E-state index contributed by atoms with van der Waals surface area (Å²) in [6, 6.07) is 7.52. The van der Waals surface area contributed by atoms with Crippen LogP contribution in [0.25, 0.3) is 0 Å². The Morgan fingerprint density at radius 1 is 1.22 bits per heavy atom. The maximum absolute atomic E-state index is 9.29. The monoisotopic (exact) mass is 371 g/mol. The highest BCUT2D eigenvalue weighted by Crippen LogP contribution is 2.29. The van der Waals surface area contributed by atoms with Crippen molar-refractivity contribution in [3.63, 3.8) is 0 Å². The van der Waals surface area contributed by atoms with Gasteiger partial charge in [0.15, 0.2) is 0 Å². The summed E-state index contributed by atoms with van der Waals surface area (Å²) in [5, 5.41) is 9.29. The molecule has 18 heavy (non-hydrogen) atoms. The number of aryl methyl sites for hydroxylation is 1. The average Bonchev–Trinajstić information content (AvgIpc) is 2.34. The van der Waals surface area contributed by atoms with Crippen molar-refractivity contribution in [1.82, 2.24) is 4.98 Å². The molecule has 1 aromatic heterocycles. The molecule has 2 aromatic rings. The SMILES string of the molecule is Cc1cc(Br)ccc1Oc1ncc(Br)cc1CO. The number of ether oxygens (including phenoxy) is 1. The fourth-order valence-electron chi connectivity index (χ4n) is 1.51.